The van der Waals surface area contributed by atoms with Crippen LogP contribution >= 0.6 is 11.6 Å². The molecule has 1 fully saturated rings. The van der Waals surface area contributed by atoms with Crippen molar-refractivity contribution in [2.24, 2.45) is 0 Å². The molecule has 2 N–H and O–H groups in total. The SMILES string of the molecule is COCCC(=O)NCc1ccc(C(=O)Nc2ccc(Cl)cc2N2CCN(CCC(F)(F)F)C[C@H]2C)c(F)c1F. The average molecular weight is 577 g/mol. The lowest BCUT2D eigenvalue weighted by Gasteiger charge is -2.42. The van der Waals surface area contributed by atoms with Crippen LogP contribution in [0, 0.1) is 11.6 Å². The minimum absolute atomic E-state index is 0.0613. The molecular formula is C26H30ClF5N4O3. The molecule has 1 atom stereocenters. The van der Waals surface area contributed by atoms with E-state index in [0.29, 0.717) is 30.3 Å². The van der Waals surface area contributed by atoms with Gasteiger partial charge in [-0.25, -0.2) is 8.78 Å². The van der Waals surface area contributed by atoms with Crippen LogP contribution < -0.4 is 15.5 Å². The predicted octanol–water partition coefficient (Wildman–Crippen LogP) is 4.99. The lowest BCUT2D eigenvalue weighted by atomic mass is 10.1. The molecule has 0 spiro atoms. The second-order valence-corrected chi connectivity index (χ2v) is 9.68. The number of anilines is 2. The summed E-state index contributed by atoms with van der Waals surface area (Å²) in [6, 6.07) is 6.78. The third-order valence-corrected chi connectivity index (χ3v) is 6.59. The summed E-state index contributed by atoms with van der Waals surface area (Å²) in [5.74, 6) is -3.92. The Balaban J connectivity index is 1.72. The van der Waals surface area contributed by atoms with Gasteiger partial charge in [-0.05, 0) is 31.2 Å². The molecule has 1 aliphatic heterocycles. The van der Waals surface area contributed by atoms with Crippen molar-refractivity contribution < 1.29 is 36.3 Å². The van der Waals surface area contributed by atoms with Gasteiger partial charge in [0.25, 0.3) is 5.91 Å². The van der Waals surface area contributed by atoms with Crippen LogP contribution in [0.2, 0.25) is 5.02 Å². The van der Waals surface area contributed by atoms with Gasteiger partial charge < -0.3 is 20.3 Å². The van der Waals surface area contributed by atoms with Crippen LogP contribution in [-0.4, -0.2) is 68.8 Å². The number of amides is 2. The molecule has 0 aromatic heterocycles. The summed E-state index contributed by atoms with van der Waals surface area (Å²) in [7, 11) is 1.43. The molecule has 0 aliphatic carbocycles. The molecule has 0 bridgehead atoms. The molecular weight excluding hydrogens is 547 g/mol. The number of piperazine rings is 1. The van der Waals surface area contributed by atoms with E-state index in [1.54, 1.807) is 11.0 Å². The molecule has 2 aromatic rings. The maximum absolute atomic E-state index is 14.8. The average Bonchev–Trinajstić information content (AvgIpc) is 2.87. The third-order valence-electron chi connectivity index (χ3n) is 6.36. The first-order valence-electron chi connectivity index (χ1n) is 12.3. The van der Waals surface area contributed by atoms with E-state index < -0.39 is 41.6 Å². The number of methoxy groups -OCH3 is 1. The van der Waals surface area contributed by atoms with Crippen molar-refractivity contribution in [1.29, 1.82) is 0 Å². The van der Waals surface area contributed by atoms with Gasteiger partial charge in [-0.15, -0.1) is 0 Å². The van der Waals surface area contributed by atoms with E-state index in [4.69, 9.17) is 16.3 Å². The Kier molecular flexibility index (Phi) is 10.5. The summed E-state index contributed by atoms with van der Waals surface area (Å²) in [5.41, 5.74) is 0.136. The van der Waals surface area contributed by atoms with Crippen molar-refractivity contribution in [1.82, 2.24) is 10.2 Å². The lowest BCUT2D eigenvalue weighted by molar-refractivity contribution is -0.138. The molecule has 2 aromatic carbocycles. The van der Waals surface area contributed by atoms with E-state index in [1.165, 1.54) is 25.3 Å². The number of halogens is 6. The minimum atomic E-state index is -4.24. The monoisotopic (exact) mass is 576 g/mol. The van der Waals surface area contributed by atoms with Gasteiger partial charge in [0, 0.05) is 62.9 Å². The first-order valence-corrected chi connectivity index (χ1v) is 12.7. The summed E-state index contributed by atoms with van der Waals surface area (Å²) >= 11 is 6.19. The quantitative estimate of drug-likeness (QED) is 0.390. The predicted molar refractivity (Wildman–Crippen MR) is 138 cm³/mol. The lowest BCUT2D eigenvalue weighted by Crippen LogP contribution is -2.52. The Morgan fingerprint density at radius 3 is 2.54 bits per heavy atom. The molecule has 3 rings (SSSR count). The van der Waals surface area contributed by atoms with Gasteiger partial charge in [-0.2, -0.15) is 13.2 Å². The fourth-order valence-electron chi connectivity index (χ4n) is 4.29. The van der Waals surface area contributed by atoms with E-state index in [1.807, 2.05) is 11.8 Å². The van der Waals surface area contributed by atoms with Crippen LogP contribution in [0.15, 0.2) is 30.3 Å². The maximum Gasteiger partial charge on any atom is 0.390 e. The van der Waals surface area contributed by atoms with Crippen molar-refractivity contribution >= 4 is 34.8 Å². The van der Waals surface area contributed by atoms with Crippen molar-refractivity contribution in [3.63, 3.8) is 0 Å². The van der Waals surface area contributed by atoms with Gasteiger partial charge in [0.05, 0.1) is 30.0 Å². The smallest absolute Gasteiger partial charge is 0.384 e. The fourth-order valence-corrected chi connectivity index (χ4v) is 4.46. The van der Waals surface area contributed by atoms with E-state index in [9.17, 15) is 31.5 Å². The number of rotatable bonds is 10. The van der Waals surface area contributed by atoms with Gasteiger partial charge in [-0.1, -0.05) is 17.7 Å². The molecule has 1 saturated heterocycles. The second kappa shape index (κ2) is 13.4. The maximum atomic E-state index is 14.8. The number of carbonyl (C=O) groups is 2. The molecule has 1 aliphatic rings. The standard InChI is InChI=1S/C26H30ClF5N4O3/c1-16-15-35(9-8-26(30,31)32)10-11-36(16)21-13-18(27)4-6-20(21)34-25(38)19-5-3-17(23(28)24(19)29)14-33-22(37)7-12-39-2/h3-6,13,16H,7-12,14-15H2,1-2H3,(H,33,37)(H,34,38)/t16-/m1/s1. The third kappa shape index (κ3) is 8.51. The van der Waals surface area contributed by atoms with Gasteiger partial charge >= 0.3 is 6.18 Å². The number of carbonyl (C=O) groups excluding carboxylic acids is 2. The molecule has 1 heterocycles. The molecule has 0 saturated carbocycles. The van der Waals surface area contributed by atoms with Gasteiger partial charge in [0.15, 0.2) is 11.6 Å². The molecule has 0 radical (unpaired) electrons. The summed E-state index contributed by atoms with van der Waals surface area (Å²) in [6.07, 6.45) is -5.08. The largest absolute Gasteiger partial charge is 0.390 e. The van der Waals surface area contributed by atoms with Crippen LogP contribution in [0.1, 0.15) is 35.7 Å². The number of nitrogens with zero attached hydrogens (tertiary/aromatic N) is 2. The van der Waals surface area contributed by atoms with E-state index in [0.717, 1.165) is 6.07 Å². The Morgan fingerprint density at radius 2 is 1.87 bits per heavy atom. The number of ether oxygens (including phenoxy) is 1. The number of hydrogen-bond donors (Lipinski definition) is 2. The summed E-state index contributed by atoms with van der Waals surface area (Å²) in [5, 5.41) is 5.42. The minimum Gasteiger partial charge on any atom is -0.384 e. The number of benzene rings is 2. The van der Waals surface area contributed by atoms with Crippen LogP contribution in [0.5, 0.6) is 0 Å². The first-order chi connectivity index (χ1) is 18.4. The van der Waals surface area contributed by atoms with Crippen LogP contribution in [0.4, 0.5) is 33.3 Å². The molecule has 7 nitrogen and oxygen atoms in total. The summed E-state index contributed by atoms with van der Waals surface area (Å²) < 4.78 is 72.2. The fraction of sp³-hybridized carbons (Fsp3) is 0.462. The van der Waals surface area contributed by atoms with E-state index in [-0.39, 0.29) is 43.4 Å². The molecule has 13 heteroatoms. The Morgan fingerprint density at radius 1 is 1.13 bits per heavy atom. The van der Waals surface area contributed by atoms with Crippen LogP contribution in [0.25, 0.3) is 0 Å². The highest BCUT2D eigenvalue weighted by Crippen LogP contribution is 2.33. The topological polar surface area (TPSA) is 73.9 Å². The summed E-state index contributed by atoms with van der Waals surface area (Å²) in [6.45, 7) is 2.74. The first kappa shape index (κ1) is 30.6. The van der Waals surface area contributed by atoms with Crippen molar-refractivity contribution in [3.05, 3.63) is 58.1 Å². The number of hydrogen-bond acceptors (Lipinski definition) is 5. The highest BCUT2D eigenvalue weighted by Gasteiger charge is 2.31. The highest BCUT2D eigenvalue weighted by atomic mass is 35.5. The molecule has 214 valence electrons. The zero-order valence-electron chi connectivity index (χ0n) is 21.5. The van der Waals surface area contributed by atoms with Crippen LogP contribution in [-0.2, 0) is 16.1 Å². The number of alkyl halides is 3. The Hall–Kier alpha value is -2.96. The van der Waals surface area contributed by atoms with Crippen molar-refractivity contribution in [2.75, 3.05) is 50.1 Å². The normalized spacial score (nSPS) is 16.3. The zero-order valence-corrected chi connectivity index (χ0v) is 22.3. The summed E-state index contributed by atoms with van der Waals surface area (Å²) in [4.78, 5) is 28.3. The molecule has 39 heavy (non-hydrogen) atoms. The number of nitrogens with one attached hydrogen (secondary N) is 2. The van der Waals surface area contributed by atoms with Crippen molar-refractivity contribution in [2.45, 2.75) is 38.5 Å². The van der Waals surface area contributed by atoms with Gasteiger partial charge in [-0.3, -0.25) is 14.5 Å². The Labute approximate surface area is 228 Å². The highest BCUT2D eigenvalue weighted by molar-refractivity contribution is 6.31. The van der Waals surface area contributed by atoms with E-state index in [2.05, 4.69) is 10.6 Å². The second-order valence-electron chi connectivity index (χ2n) is 9.24. The van der Waals surface area contributed by atoms with Crippen LogP contribution in [0.3, 0.4) is 0 Å². The Bertz CT molecular complexity index is 1180. The molecule has 2 amide bonds. The zero-order chi connectivity index (χ0) is 28.7. The van der Waals surface area contributed by atoms with Gasteiger partial charge in [0.1, 0.15) is 0 Å². The molecule has 0 unspecified atom stereocenters. The van der Waals surface area contributed by atoms with Gasteiger partial charge in [0.2, 0.25) is 5.91 Å². The van der Waals surface area contributed by atoms with Crippen molar-refractivity contribution in [3.8, 4) is 0 Å². The van der Waals surface area contributed by atoms with E-state index >= 15 is 0 Å².